The maximum absolute atomic E-state index is 12.4. The Labute approximate surface area is 191 Å². The number of hydrogen-bond acceptors (Lipinski definition) is 7. The van der Waals surface area contributed by atoms with E-state index in [2.05, 4.69) is 4.98 Å². The van der Waals surface area contributed by atoms with E-state index in [1.165, 1.54) is 4.90 Å². The highest BCUT2D eigenvalue weighted by atomic mass is 32.1. The third kappa shape index (κ3) is 6.81. The molecule has 0 fully saturated rings. The van der Waals surface area contributed by atoms with Crippen LogP contribution < -0.4 is 9.47 Å². The summed E-state index contributed by atoms with van der Waals surface area (Å²) in [7, 11) is 1.67. The van der Waals surface area contributed by atoms with Gasteiger partial charge in [-0.2, -0.15) is 0 Å². The minimum Gasteiger partial charge on any atom is -0.494 e. The molecule has 0 unspecified atom stereocenters. The second-order valence-electron chi connectivity index (χ2n) is 7.08. The number of thiazole rings is 1. The topological polar surface area (TPSA) is 78.0 Å². The van der Waals surface area contributed by atoms with Crippen molar-refractivity contribution in [3.63, 3.8) is 0 Å². The smallest absolute Gasteiger partial charge is 0.338 e. The average molecular weight is 455 g/mol. The molecule has 0 aliphatic carbocycles. The predicted molar refractivity (Wildman–Crippen MR) is 122 cm³/mol. The zero-order chi connectivity index (χ0) is 22.9. The van der Waals surface area contributed by atoms with Gasteiger partial charge in [-0.3, -0.25) is 4.79 Å². The maximum Gasteiger partial charge on any atom is 0.338 e. The Morgan fingerprint density at radius 1 is 1.06 bits per heavy atom. The van der Waals surface area contributed by atoms with Crippen LogP contribution in [0.5, 0.6) is 11.5 Å². The molecule has 2 aromatic carbocycles. The van der Waals surface area contributed by atoms with E-state index in [1.807, 2.05) is 43.5 Å². The fourth-order valence-electron chi connectivity index (χ4n) is 2.89. The molecule has 0 N–H and O–H groups in total. The van der Waals surface area contributed by atoms with Gasteiger partial charge in [0.1, 0.15) is 18.1 Å². The third-order valence-corrected chi connectivity index (χ3v) is 5.35. The number of esters is 1. The molecule has 0 aliphatic rings. The zero-order valence-corrected chi connectivity index (χ0v) is 19.2. The first-order chi connectivity index (χ1) is 15.4. The number of ether oxygens (including phenoxy) is 3. The van der Waals surface area contributed by atoms with Gasteiger partial charge in [0.2, 0.25) is 0 Å². The van der Waals surface area contributed by atoms with E-state index in [0.29, 0.717) is 31.1 Å². The summed E-state index contributed by atoms with van der Waals surface area (Å²) in [6.07, 6.45) is 0. The molecule has 0 saturated heterocycles. The zero-order valence-electron chi connectivity index (χ0n) is 18.4. The van der Waals surface area contributed by atoms with Gasteiger partial charge in [0.15, 0.2) is 6.61 Å². The van der Waals surface area contributed by atoms with Crippen LogP contribution in [0.1, 0.15) is 33.5 Å². The molecule has 1 heterocycles. The van der Waals surface area contributed by atoms with Gasteiger partial charge in [-0.15, -0.1) is 11.3 Å². The number of hydrogen-bond donors (Lipinski definition) is 0. The number of likely N-dealkylation sites (N-methyl/N-ethyl adjacent to an activating group) is 1. The van der Waals surface area contributed by atoms with Gasteiger partial charge in [-0.1, -0.05) is 18.2 Å². The van der Waals surface area contributed by atoms with Gasteiger partial charge < -0.3 is 19.1 Å². The summed E-state index contributed by atoms with van der Waals surface area (Å²) in [6, 6.07) is 14.2. The van der Waals surface area contributed by atoms with Crippen LogP contribution in [0.2, 0.25) is 0 Å². The second kappa shape index (κ2) is 11.3. The number of carbonyl (C=O) groups excluding carboxylic acids is 2. The lowest BCUT2D eigenvalue weighted by atomic mass is 10.2. The molecule has 1 amide bonds. The molecule has 8 heteroatoms. The minimum absolute atomic E-state index is 0.293. The van der Waals surface area contributed by atoms with E-state index in [-0.39, 0.29) is 12.5 Å². The molecule has 1 aromatic heterocycles. The van der Waals surface area contributed by atoms with Gasteiger partial charge in [0, 0.05) is 19.0 Å². The van der Waals surface area contributed by atoms with E-state index in [1.54, 1.807) is 42.6 Å². The Balaban J connectivity index is 1.48. The molecular formula is C24H26N2O5S. The first-order valence-corrected chi connectivity index (χ1v) is 11.1. The molecule has 0 spiro atoms. The van der Waals surface area contributed by atoms with Gasteiger partial charge in [0.05, 0.1) is 22.9 Å². The van der Waals surface area contributed by atoms with Crippen LogP contribution in [0, 0.1) is 6.92 Å². The van der Waals surface area contributed by atoms with Crippen molar-refractivity contribution in [2.75, 3.05) is 20.3 Å². The lowest BCUT2D eigenvalue weighted by Crippen LogP contribution is -2.30. The Bertz CT molecular complexity index is 1050. The average Bonchev–Trinajstić information content (AvgIpc) is 3.22. The van der Waals surface area contributed by atoms with Crippen LogP contribution in [0.15, 0.2) is 53.9 Å². The Hall–Kier alpha value is -3.39. The van der Waals surface area contributed by atoms with Crippen LogP contribution in [0.25, 0.3) is 0 Å². The largest absolute Gasteiger partial charge is 0.494 e. The SMILES string of the molecule is CCOc1ccc(CN(C)C(=O)COC(=O)c2cccc(OCc3csc(C)n3)c2)cc1. The van der Waals surface area contributed by atoms with Gasteiger partial charge in [0.25, 0.3) is 5.91 Å². The summed E-state index contributed by atoms with van der Waals surface area (Å²) < 4.78 is 16.3. The Morgan fingerprint density at radius 2 is 1.84 bits per heavy atom. The Kier molecular flexibility index (Phi) is 8.21. The highest BCUT2D eigenvalue weighted by Crippen LogP contribution is 2.17. The van der Waals surface area contributed by atoms with Crippen molar-refractivity contribution in [2.45, 2.75) is 27.0 Å². The molecule has 0 radical (unpaired) electrons. The number of aryl methyl sites for hydroxylation is 1. The monoisotopic (exact) mass is 454 g/mol. The summed E-state index contributed by atoms with van der Waals surface area (Å²) >= 11 is 1.56. The predicted octanol–water partition coefficient (Wildman–Crippen LogP) is 4.24. The van der Waals surface area contributed by atoms with Crippen LogP contribution in [-0.4, -0.2) is 42.0 Å². The van der Waals surface area contributed by atoms with Crippen LogP contribution in [0.4, 0.5) is 0 Å². The van der Waals surface area contributed by atoms with Crippen LogP contribution >= 0.6 is 11.3 Å². The van der Waals surface area contributed by atoms with Crippen molar-refractivity contribution in [1.82, 2.24) is 9.88 Å². The van der Waals surface area contributed by atoms with Crippen molar-refractivity contribution in [2.24, 2.45) is 0 Å². The highest BCUT2D eigenvalue weighted by molar-refractivity contribution is 7.09. The second-order valence-corrected chi connectivity index (χ2v) is 8.14. The summed E-state index contributed by atoms with van der Waals surface area (Å²) in [4.78, 5) is 30.6. The highest BCUT2D eigenvalue weighted by Gasteiger charge is 2.15. The number of rotatable bonds is 10. The van der Waals surface area contributed by atoms with E-state index in [0.717, 1.165) is 22.0 Å². The van der Waals surface area contributed by atoms with Crippen LogP contribution in [-0.2, 0) is 22.7 Å². The van der Waals surface area contributed by atoms with E-state index < -0.39 is 5.97 Å². The molecule has 7 nitrogen and oxygen atoms in total. The normalized spacial score (nSPS) is 10.5. The molecule has 0 saturated carbocycles. The first kappa shape index (κ1) is 23.3. The van der Waals surface area contributed by atoms with Crippen LogP contribution in [0.3, 0.4) is 0 Å². The molecule has 0 aliphatic heterocycles. The lowest BCUT2D eigenvalue weighted by molar-refractivity contribution is -0.133. The number of amides is 1. The molecule has 3 aromatic rings. The van der Waals surface area contributed by atoms with Gasteiger partial charge in [-0.05, 0) is 49.7 Å². The van der Waals surface area contributed by atoms with E-state index >= 15 is 0 Å². The molecular weight excluding hydrogens is 428 g/mol. The van der Waals surface area contributed by atoms with E-state index in [4.69, 9.17) is 14.2 Å². The molecule has 32 heavy (non-hydrogen) atoms. The molecule has 3 rings (SSSR count). The number of nitrogens with zero attached hydrogens (tertiary/aromatic N) is 2. The van der Waals surface area contributed by atoms with Crippen molar-refractivity contribution in [3.05, 3.63) is 75.7 Å². The lowest BCUT2D eigenvalue weighted by Gasteiger charge is -2.17. The molecule has 0 bridgehead atoms. The standard InChI is InChI=1S/C24H26N2O5S/c1-4-29-21-10-8-18(9-11-21)13-26(3)23(27)15-31-24(28)19-6-5-7-22(12-19)30-14-20-16-32-17(2)25-20/h5-12,16H,4,13-15H2,1-3H3. The number of benzene rings is 2. The summed E-state index contributed by atoms with van der Waals surface area (Å²) in [5.74, 6) is 0.442. The maximum atomic E-state index is 12.4. The molecule has 0 atom stereocenters. The first-order valence-electron chi connectivity index (χ1n) is 10.2. The third-order valence-electron chi connectivity index (χ3n) is 4.53. The van der Waals surface area contributed by atoms with Crippen molar-refractivity contribution in [1.29, 1.82) is 0 Å². The number of aromatic nitrogens is 1. The van der Waals surface area contributed by atoms with Crippen molar-refractivity contribution < 1.29 is 23.8 Å². The van der Waals surface area contributed by atoms with Gasteiger partial charge in [-0.25, -0.2) is 9.78 Å². The number of carbonyl (C=O) groups is 2. The van der Waals surface area contributed by atoms with Crippen molar-refractivity contribution >= 4 is 23.2 Å². The quantitative estimate of drug-likeness (QED) is 0.426. The fraction of sp³-hybridized carbons (Fsp3) is 0.292. The van der Waals surface area contributed by atoms with Gasteiger partial charge >= 0.3 is 5.97 Å². The Morgan fingerprint density at radius 3 is 2.53 bits per heavy atom. The summed E-state index contributed by atoms with van der Waals surface area (Å²) in [5, 5.41) is 2.90. The summed E-state index contributed by atoms with van der Waals surface area (Å²) in [5.41, 5.74) is 2.11. The van der Waals surface area contributed by atoms with Crippen molar-refractivity contribution in [3.8, 4) is 11.5 Å². The molecule has 168 valence electrons. The fourth-order valence-corrected chi connectivity index (χ4v) is 3.48. The minimum atomic E-state index is -0.581. The van der Waals surface area contributed by atoms with E-state index in [9.17, 15) is 9.59 Å². The summed E-state index contributed by atoms with van der Waals surface area (Å²) in [6.45, 7) is 4.84.